The predicted octanol–water partition coefficient (Wildman–Crippen LogP) is -0.505. The van der Waals surface area contributed by atoms with Crippen LogP contribution in [0.3, 0.4) is 0 Å². The minimum absolute atomic E-state index is 0.151. The normalized spacial score (nSPS) is 10.8. The van der Waals surface area contributed by atoms with Gasteiger partial charge >= 0.3 is 11.9 Å². The number of ether oxygens (including phenoxy) is 1. The van der Waals surface area contributed by atoms with Crippen LogP contribution in [-0.4, -0.2) is 95.9 Å². The van der Waals surface area contributed by atoms with Gasteiger partial charge < -0.3 is 35.4 Å². The number of esters is 1. The van der Waals surface area contributed by atoms with Gasteiger partial charge in [-0.1, -0.05) is 19.9 Å². The highest BCUT2D eigenvalue weighted by atomic mass is 17.2. The molecule has 0 aliphatic carbocycles. The van der Waals surface area contributed by atoms with E-state index in [1.807, 2.05) is 0 Å². The molecule has 11 nitrogen and oxygen atoms in total. The second-order valence-electron chi connectivity index (χ2n) is 6.09. The highest BCUT2D eigenvalue weighted by Crippen LogP contribution is 2.22. The summed E-state index contributed by atoms with van der Waals surface area (Å²) in [4.78, 5) is 31.5. The number of hydrogen-bond acceptors (Lipinski definition) is 10. The van der Waals surface area contributed by atoms with Gasteiger partial charge in [0.25, 0.3) is 0 Å². The monoisotopic (exact) mass is 442 g/mol. The van der Waals surface area contributed by atoms with Crippen molar-refractivity contribution in [2.45, 2.75) is 33.1 Å². The number of hydrogen-bond donors (Lipinski definition) is 6. The minimum atomic E-state index is -1.35. The van der Waals surface area contributed by atoms with Crippen molar-refractivity contribution in [2.24, 2.45) is 10.8 Å². The predicted molar refractivity (Wildman–Crippen MR) is 107 cm³/mol. The molecule has 0 bridgehead atoms. The zero-order valence-corrected chi connectivity index (χ0v) is 18.1. The van der Waals surface area contributed by atoms with Crippen molar-refractivity contribution in [2.75, 3.05) is 53.4 Å². The molecule has 0 saturated carbocycles. The Morgan fingerprint density at radius 3 is 1.63 bits per heavy atom. The summed E-state index contributed by atoms with van der Waals surface area (Å²) in [6.45, 7) is 5.61. The Kier molecular flexibility index (Phi) is 22.8. The van der Waals surface area contributed by atoms with Gasteiger partial charge in [0.15, 0.2) is 0 Å². The highest BCUT2D eigenvalue weighted by molar-refractivity contribution is 5.77. The van der Waals surface area contributed by atoms with Crippen LogP contribution in [0.2, 0.25) is 0 Å². The standard InChI is InChI=1S/C12H22O6.C6H12O4.CH4O/c1-3-6-17-18-8-5-7-16-11(15)12(4-2,9-13)10-14;1-2-6(3-7,4-8)5(9)10;1-2/h3,13-14H,1,4-10H2,2H3;7-8H,2-4H2,1H3,(H,9,10);2H,1H3. The second kappa shape index (κ2) is 20.7. The van der Waals surface area contributed by atoms with Crippen molar-refractivity contribution in [1.29, 1.82) is 0 Å². The minimum Gasteiger partial charge on any atom is -0.481 e. The summed E-state index contributed by atoms with van der Waals surface area (Å²) < 4.78 is 4.97. The number of rotatable bonds is 15. The molecule has 0 atom stereocenters. The maximum Gasteiger partial charge on any atom is 0.316 e. The van der Waals surface area contributed by atoms with Gasteiger partial charge in [-0.15, -0.1) is 6.58 Å². The van der Waals surface area contributed by atoms with Crippen molar-refractivity contribution >= 4 is 11.9 Å². The lowest BCUT2D eigenvalue weighted by atomic mass is 9.87. The Morgan fingerprint density at radius 2 is 1.33 bits per heavy atom. The molecule has 0 unspecified atom stereocenters. The fourth-order valence-corrected chi connectivity index (χ4v) is 1.70. The van der Waals surface area contributed by atoms with E-state index in [-0.39, 0.29) is 13.0 Å². The summed E-state index contributed by atoms with van der Waals surface area (Å²) >= 11 is 0. The zero-order chi connectivity index (χ0) is 24.1. The highest BCUT2D eigenvalue weighted by Gasteiger charge is 2.37. The summed E-state index contributed by atoms with van der Waals surface area (Å²) in [5.41, 5.74) is -2.56. The van der Waals surface area contributed by atoms with Gasteiger partial charge in [0, 0.05) is 13.5 Å². The third kappa shape index (κ3) is 12.2. The summed E-state index contributed by atoms with van der Waals surface area (Å²) in [6.07, 6.45) is 2.57. The van der Waals surface area contributed by atoms with Crippen LogP contribution in [0, 0.1) is 10.8 Å². The fourth-order valence-electron chi connectivity index (χ4n) is 1.70. The first-order chi connectivity index (χ1) is 14.3. The summed E-state index contributed by atoms with van der Waals surface area (Å²) in [5.74, 6) is -1.75. The van der Waals surface area contributed by atoms with E-state index in [0.29, 0.717) is 26.1 Å². The molecule has 0 aliphatic rings. The third-order valence-electron chi connectivity index (χ3n) is 4.33. The van der Waals surface area contributed by atoms with Crippen LogP contribution in [0.4, 0.5) is 0 Å². The Balaban J connectivity index is -0.000000514. The molecule has 0 amide bonds. The quantitative estimate of drug-likeness (QED) is 0.0631. The molecule has 11 heteroatoms. The van der Waals surface area contributed by atoms with Crippen molar-refractivity contribution in [3.63, 3.8) is 0 Å². The fraction of sp³-hybridized carbons (Fsp3) is 0.789. The van der Waals surface area contributed by atoms with Crippen molar-refractivity contribution in [1.82, 2.24) is 0 Å². The summed E-state index contributed by atoms with van der Waals surface area (Å²) in [5, 5.41) is 51.0. The lowest BCUT2D eigenvalue weighted by molar-refractivity contribution is -0.287. The first-order valence-corrected chi connectivity index (χ1v) is 9.43. The zero-order valence-electron chi connectivity index (χ0n) is 18.1. The number of carboxylic acids is 1. The molecule has 0 heterocycles. The van der Waals surface area contributed by atoms with E-state index in [1.165, 1.54) is 0 Å². The Morgan fingerprint density at radius 1 is 0.867 bits per heavy atom. The van der Waals surface area contributed by atoms with Gasteiger partial charge in [-0.05, 0) is 12.8 Å². The molecule has 0 aromatic carbocycles. The number of carbonyl (C=O) groups is 2. The van der Waals surface area contributed by atoms with Gasteiger partial charge in [-0.25, -0.2) is 9.78 Å². The van der Waals surface area contributed by atoms with E-state index in [2.05, 4.69) is 11.5 Å². The molecule has 0 spiro atoms. The van der Waals surface area contributed by atoms with Gasteiger partial charge in [-0.3, -0.25) is 9.59 Å². The molecule has 180 valence electrons. The molecule has 0 aliphatic heterocycles. The SMILES string of the molecule is C=CCOOCCCOC(=O)C(CC)(CO)CO.CCC(CO)(CO)C(=O)O.CO. The summed E-state index contributed by atoms with van der Waals surface area (Å²) in [6, 6.07) is 0. The second-order valence-corrected chi connectivity index (χ2v) is 6.09. The molecule has 30 heavy (non-hydrogen) atoms. The number of aliphatic hydroxyl groups is 5. The lowest BCUT2D eigenvalue weighted by Crippen LogP contribution is -2.39. The van der Waals surface area contributed by atoms with E-state index in [0.717, 1.165) is 7.11 Å². The Labute approximate surface area is 177 Å². The molecule has 6 N–H and O–H groups in total. The van der Waals surface area contributed by atoms with Crippen LogP contribution < -0.4 is 0 Å². The summed E-state index contributed by atoms with van der Waals surface area (Å²) in [7, 11) is 1.00. The molecule has 0 saturated heterocycles. The topological polar surface area (TPSA) is 183 Å². The maximum atomic E-state index is 11.7. The van der Waals surface area contributed by atoms with Crippen molar-refractivity contribution < 1.29 is 54.7 Å². The van der Waals surface area contributed by atoms with Crippen LogP contribution in [0.1, 0.15) is 33.1 Å². The van der Waals surface area contributed by atoms with Gasteiger partial charge in [0.05, 0.1) is 39.6 Å². The van der Waals surface area contributed by atoms with Crippen molar-refractivity contribution in [3.8, 4) is 0 Å². The number of carboxylic acid groups (broad SMARTS) is 1. The maximum absolute atomic E-state index is 11.7. The molecule has 0 radical (unpaired) electrons. The van der Waals surface area contributed by atoms with E-state index in [4.69, 9.17) is 40.3 Å². The van der Waals surface area contributed by atoms with Gasteiger partial charge in [0.1, 0.15) is 17.4 Å². The van der Waals surface area contributed by atoms with E-state index in [1.54, 1.807) is 19.9 Å². The van der Waals surface area contributed by atoms with Crippen molar-refractivity contribution in [3.05, 3.63) is 12.7 Å². The van der Waals surface area contributed by atoms with E-state index in [9.17, 15) is 9.59 Å². The first kappa shape index (κ1) is 33.0. The molecular formula is C19H38O11. The van der Waals surface area contributed by atoms with Gasteiger partial charge in [0.2, 0.25) is 0 Å². The van der Waals surface area contributed by atoms with Crippen LogP contribution in [0.5, 0.6) is 0 Å². The molecular weight excluding hydrogens is 404 g/mol. The average Bonchev–Trinajstić information content (AvgIpc) is 2.78. The number of aliphatic carboxylic acids is 1. The number of aliphatic hydroxyl groups excluding tert-OH is 5. The molecule has 0 aromatic heterocycles. The van der Waals surface area contributed by atoms with E-state index >= 15 is 0 Å². The van der Waals surface area contributed by atoms with Crippen LogP contribution >= 0.6 is 0 Å². The largest absolute Gasteiger partial charge is 0.481 e. The third-order valence-corrected chi connectivity index (χ3v) is 4.33. The van der Waals surface area contributed by atoms with Gasteiger partial charge in [-0.2, -0.15) is 0 Å². The van der Waals surface area contributed by atoms with E-state index < -0.39 is 49.2 Å². The number of carbonyl (C=O) groups excluding carboxylic acids is 1. The van der Waals surface area contributed by atoms with Crippen LogP contribution in [-0.2, 0) is 24.1 Å². The molecule has 0 rings (SSSR count). The van der Waals surface area contributed by atoms with Crippen LogP contribution in [0.25, 0.3) is 0 Å². The average molecular weight is 443 g/mol. The molecule has 0 aromatic rings. The Bertz CT molecular complexity index is 416. The lowest BCUT2D eigenvalue weighted by Gasteiger charge is -2.25. The van der Waals surface area contributed by atoms with Crippen LogP contribution in [0.15, 0.2) is 12.7 Å². The smallest absolute Gasteiger partial charge is 0.316 e. The molecule has 0 fully saturated rings. The Hall–Kier alpha value is -1.60. The first-order valence-electron chi connectivity index (χ1n) is 9.43.